The Balaban J connectivity index is 1.32. The Hall–Kier alpha value is -4.55. The number of fused-ring (bicyclic) bond motifs is 2. The SMILES string of the molecule is O=C(NCCOc1ccc(F)cc1)c1ccc2nc(C(F)(F)c3nc4c(F)cc(F)c(F)c4[nH]3)[nH]c2c1. The number of carbonyl (C=O) groups excluding carboxylic acids is 1. The second kappa shape index (κ2) is 9.15. The molecule has 3 aromatic carbocycles. The summed E-state index contributed by atoms with van der Waals surface area (Å²) in [5.74, 6) is -10.9. The zero-order chi connectivity index (χ0) is 26.3. The van der Waals surface area contributed by atoms with Gasteiger partial charge in [-0.25, -0.2) is 27.5 Å². The van der Waals surface area contributed by atoms with Crippen molar-refractivity contribution in [3.8, 4) is 5.75 Å². The number of hydrogen-bond donors (Lipinski definition) is 3. The van der Waals surface area contributed by atoms with Crippen LogP contribution in [-0.2, 0) is 5.92 Å². The van der Waals surface area contributed by atoms with Crippen molar-refractivity contribution in [3.63, 3.8) is 0 Å². The number of carbonyl (C=O) groups is 1. The average molecular weight is 519 g/mol. The minimum absolute atomic E-state index is 0.0874. The van der Waals surface area contributed by atoms with E-state index in [-0.39, 0.29) is 35.8 Å². The zero-order valence-electron chi connectivity index (χ0n) is 18.5. The number of rotatable bonds is 7. The first-order valence-electron chi connectivity index (χ1n) is 10.7. The van der Waals surface area contributed by atoms with E-state index in [2.05, 4.69) is 20.3 Å². The molecule has 0 saturated heterocycles. The van der Waals surface area contributed by atoms with Crippen molar-refractivity contribution in [3.05, 3.63) is 89.0 Å². The van der Waals surface area contributed by atoms with Gasteiger partial charge in [-0.3, -0.25) is 4.79 Å². The minimum Gasteiger partial charge on any atom is -0.492 e. The minimum atomic E-state index is -3.96. The number of H-pyrrole nitrogens is 2. The fraction of sp³-hybridized carbons (Fsp3) is 0.125. The van der Waals surface area contributed by atoms with Crippen molar-refractivity contribution in [2.45, 2.75) is 5.92 Å². The van der Waals surface area contributed by atoms with Crippen LogP contribution in [0.1, 0.15) is 22.0 Å². The van der Waals surface area contributed by atoms with Gasteiger partial charge in [0.05, 0.1) is 17.6 Å². The second-order valence-corrected chi connectivity index (χ2v) is 7.91. The van der Waals surface area contributed by atoms with Gasteiger partial charge in [0.25, 0.3) is 5.91 Å². The quantitative estimate of drug-likeness (QED) is 0.161. The summed E-state index contributed by atoms with van der Waals surface area (Å²) >= 11 is 0. The van der Waals surface area contributed by atoms with Crippen molar-refractivity contribution in [1.82, 2.24) is 25.3 Å². The number of hydrogen-bond acceptors (Lipinski definition) is 4. The molecule has 0 aliphatic carbocycles. The molecule has 0 atom stereocenters. The number of aromatic nitrogens is 4. The van der Waals surface area contributed by atoms with Crippen LogP contribution in [0, 0.1) is 23.3 Å². The van der Waals surface area contributed by atoms with Crippen molar-refractivity contribution in [2.24, 2.45) is 0 Å². The Morgan fingerprint density at radius 1 is 0.919 bits per heavy atom. The molecule has 0 fully saturated rings. The summed E-state index contributed by atoms with van der Waals surface area (Å²) in [5, 5.41) is 2.60. The van der Waals surface area contributed by atoms with Gasteiger partial charge in [0.15, 0.2) is 29.1 Å². The van der Waals surface area contributed by atoms with E-state index < -0.39 is 57.8 Å². The van der Waals surface area contributed by atoms with Crippen LogP contribution < -0.4 is 10.1 Å². The highest BCUT2D eigenvalue weighted by Gasteiger charge is 2.42. The molecule has 13 heteroatoms. The van der Waals surface area contributed by atoms with Gasteiger partial charge in [-0.05, 0) is 42.5 Å². The first-order chi connectivity index (χ1) is 17.6. The highest BCUT2D eigenvalue weighted by atomic mass is 19.3. The lowest BCUT2D eigenvalue weighted by Crippen LogP contribution is -2.28. The number of imidazole rings is 2. The van der Waals surface area contributed by atoms with Crippen LogP contribution in [0.5, 0.6) is 5.75 Å². The lowest BCUT2D eigenvalue weighted by atomic mass is 10.2. The predicted molar refractivity (Wildman–Crippen MR) is 119 cm³/mol. The third kappa shape index (κ3) is 4.55. The van der Waals surface area contributed by atoms with Gasteiger partial charge in [-0.2, -0.15) is 8.78 Å². The van der Waals surface area contributed by atoms with Crippen LogP contribution in [0.15, 0.2) is 48.5 Å². The number of amides is 1. The molecule has 0 radical (unpaired) electrons. The number of nitrogens with zero attached hydrogens (tertiary/aromatic N) is 2. The Labute approximate surface area is 203 Å². The predicted octanol–water partition coefficient (Wildman–Crippen LogP) is 4.94. The molecule has 0 spiro atoms. The summed E-state index contributed by atoms with van der Waals surface area (Å²) < 4.78 is 89.8. The molecular weight excluding hydrogens is 504 g/mol. The normalized spacial score (nSPS) is 11.8. The summed E-state index contributed by atoms with van der Waals surface area (Å²) in [6.07, 6.45) is 0. The van der Waals surface area contributed by atoms with Gasteiger partial charge < -0.3 is 20.0 Å². The first kappa shape index (κ1) is 24.2. The molecule has 0 saturated carbocycles. The maximum absolute atomic E-state index is 15.1. The summed E-state index contributed by atoms with van der Waals surface area (Å²) in [6.45, 7) is 0.211. The van der Waals surface area contributed by atoms with E-state index in [9.17, 15) is 22.4 Å². The molecule has 3 N–H and O–H groups in total. The monoisotopic (exact) mass is 519 g/mol. The van der Waals surface area contributed by atoms with E-state index in [1.165, 1.54) is 42.5 Å². The molecule has 5 aromatic rings. The van der Waals surface area contributed by atoms with E-state index in [1.54, 1.807) is 0 Å². The molecule has 5 rings (SSSR count). The number of halogens is 6. The molecule has 0 aliphatic rings. The van der Waals surface area contributed by atoms with Crippen molar-refractivity contribution in [1.29, 1.82) is 0 Å². The number of aromatic amines is 2. The van der Waals surface area contributed by atoms with E-state index in [1.807, 2.05) is 4.98 Å². The molecule has 190 valence electrons. The van der Waals surface area contributed by atoms with E-state index in [0.717, 1.165) is 0 Å². The molecule has 2 heterocycles. The molecule has 0 bridgehead atoms. The smallest absolute Gasteiger partial charge is 0.361 e. The maximum atomic E-state index is 15.1. The van der Waals surface area contributed by atoms with Crippen LogP contribution in [0.4, 0.5) is 26.3 Å². The number of ether oxygens (including phenoxy) is 1. The van der Waals surface area contributed by atoms with Crippen LogP contribution in [-0.4, -0.2) is 39.0 Å². The summed E-state index contributed by atoms with van der Waals surface area (Å²) in [5.41, 5.74) is -1.32. The van der Waals surface area contributed by atoms with Gasteiger partial charge in [-0.1, -0.05) is 0 Å². The van der Waals surface area contributed by atoms with E-state index in [4.69, 9.17) is 4.74 Å². The van der Waals surface area contributed by atoms with Crippen molar-refractivity contribution < 1.29 is 35.9 Å². The van der Waals surface area contributed by atoms with Gasteiger partial charge in [0.2, 0.25) is 0 Å². The third-order valence-corrected chi connectivity index (χ3v) is 5.42. The Morgan fingerprint density at radius 3 is 2.41 bits per heavy atom. The lowest BCUT2D eigenvalue weighted by molar-refractivity contribution is 0.0254. The van der Waals surface area contributed by atoms with Gasteiger partial charge in [0.1, 0.15) is 29.2 Å². The summed E-state index contributed by atoms with van der Waals surface area (Å²) in [4.78, 5) is 24.0. The highest BCUT2D eigenvalue weighted by Crippen LogP contribution is 2.35. The topological polar surface area (TPSA) is 95.7 Å². The molecule has 37 heavy (non-hydrogen) atoms. The van der Waals surface area contributed by atoms with E-state index >= 15 is 8.78 Å². The van der Waals surface area contributed by atoms with Gasteiger partial charge in [0, 0.05) is 11.6 Å². The first-order valence-corrected chi connectivity index (χ1v) is 10.7. The van der Waals surface area contributed by atoms with Crippen LogP contribution >= 0.6 is 0 Å². The lowest BCUT2D eigenvalue weighted by Gasteiger charge is -2.09. The summed E-state index contributed by atoms with van der Waals surface area (Å²) in [6, 6.07) is 9.56. The van der Waals surface area contributed by atoms with Crippen molar-refractivity contribution in [2.75, 3.05) is 13.2 Å². The third-order valence-electron chi connectivity index (χ3n) is 5.42. The Morgan fingerprint density at radius 2 is 1.65 bits per heavy atom. The van der Waals surface area contributed by atoms with Gasteiger partial charge >= 0.3 is 5.92 Å². The number of nitrogens with one attached hydrogen (secondary N) is 3. The fourth-order valence-corrected chi connectivity index (χ4v) is 3.59. The Kier molecular flexibility index (Phi) is 5.97. The van der Waals surface area contributed by atoms with Crippen LogP contribution in [0.25, 0.3) is 22.1 Å². The number of alkyl halides is 2. The molecule has 2 aromatic heterocycles. The fourth-order valence-electron chi connectivity index (χ4n) is 3.59. The highest BCUT2D eigenvalue weighted by molar-refractivity contribution is 5.97. The molecule has 1 amide bonds. The molecule has 0 unspecified atom stereocenters. The Bertz CT molecular complexity index is 1630. The van der Waals surface area contributed by atoms with Crippen molar-refractivity contribution >= 4 is 28.0 Å². The largest absolute Gasteiger partial charge is 0.492 e. The zero-order valence-corrected chi connectivity index (χ0v) is 18.5. The second-order valence-electron chi connectivity index (χ2n) is 7.91. The maximum Gasteiger partial charge on any atom is 0.361 e. The molecular formula is C24H15F6N5O2. The molecule has 7 nitrogen and oxygen atoms in total. The molecule has 0 aliphatic heterocycles. The van der Waals surface area contributed by atoms with Crippen LogP contribution in [0.3, 0.4) is 0 Å². The number of benzene rings is 3. The van der Waals surface area contributed by atoms with E-state index in [0.29, 0.717) is 5.75 Å². The van der Waals surface area contributed by atoms with Crippen LogP contribution in [0.2, 0.25) is 0 Å². The van der Waals surface area contributed by atoms with Gasteiger partial charge in [-0.15, -0.1) is 0 Å². The average Bonchev–Trinajstić information content (AvgIpc) is 3.52. The standard InChI is InChI=1S/C24H15F6N5O2/c25-12-2-4-13(5-3-12)37-8-7-31-21(36)11-1-6-16-17(9-11)33-22(32-16)24(29,30)23-34-19-15(27)10-14(26)18(28)20(19)35-23/h1-6,9-10H,7-8H2,(H,31,36)(H,32,33)(H,34,35). The summed E-state index contributed by atoms with van der Waals surface area (Å²) in [7, 11) is 0.